The van der Waals surface area contributed by atoms with Crippen molar-refractivity contribution in [3.05, 3.63) is 68.8 Å². The van der Waals surface area contributed by atoms with Gasteiger partial charge >= 0.3 is 5.97 Å². The first kappa shape index (κ1) is 13.5. The molecule has 0 aliphatic heterocycles. The number of rotatable bonds is 3. The zero-order chi connectivity index (χ0) is 13.1. The minimum atomic E-state index is -0.902. The Kier molecular flexibility index (Phi) is 4.40. The third-order valence-corrected chi connectivity index (χ3v) is 4.37. The number of hydrogen-bond acceptors (Lipinski definition) is 1. The summed E-state index contributed by atoms with van der Waals surface area (Å²) in [5, 5.41) is 9.18. The summed E-state index contributed by atoms with van der Waals surface area (Å²) in [5.41, 5.74) is 2.15. The monoisotopic (exact) mass is 416 g/mol. The van der Waals surface area contributed by atoms with Gasteiger partial charge in [0.25, 0.3) is 0 Å². The molecular weight excluding hydrogens is 407 g/mol. The second kappa shape index (κ2) is 5.84. The predicted octanol–water partition coefficient (Wildman–Crippen LogP) is 4.47. The fourth-order valence-corrected chi connectivity index (χ4v) is 2.79. The maximum atomic E-state index is 11.2. The zero-order valence-electron chi connectivity index (χ0n) is 9.31. The van der Waals surface area contributed by atoms with E-state index in [4.69, 9.17) is 0 Å². The van der Waals surface area contributed by atoms with Gasteiger partial charge in [-0.1, -0.05) is 46.3 Å². The van der Waals surface area contributed by atoms with E-state index in [1.807, 2.05) is 36.4 Å². The second-order valence-electron chi connectivity index (χ2n) is 3.81. The normalized spacial score (nSPS) is 12.1. The van der Waals surface area contributed by atoms with Crippen molar-refractivity contribution >= 4 is 44.5 Å². The van der Waals surface area contributed by atoms with Crippen LogP contribution in [-0.2, 0) is 0 Å². The molecule has 0 unspecified atom stereocenters. The molecule has 0 bridgehead atoms. The molecule has 1 N–H and O–H groups in total. The van der Waals surface area contributed by atoms with Gasteiger partial charge in [0, 0.05) is 3.57 Å². The Balaban J connectivity index is 2.42. The lowest BCUT2D eigenvalue weighted by Crippen LogP contribution is -2.04. The van der Waals surface area contributed by atoms with Crippen molar-refractivity contribution in [3.63, 3.8) is 0 Å². The number of carboxylic acids is 1. The van der Waals surface area contributed by atoms with E-state index in [2.05, 4.69) is 38.5 Å². The molecule has 0 heterocycles. The fraction of sp³-hybridized carbons (Fsp3) is 0.0714. The average molecular weight is 417 g/mol. The number of aromatic carboxylic acids is 1. The van der Waals surface area contributed by atoms with Crippen LogP contribution in [0.4, 0.5) is 0 Å². The third kappa shape index (κ3) is 2.92. The van der Waals surface area contributed by atoms with Crippen LogP contribution in [0.5, 0.6) is 0 Å². The van der Waals surface area contributed by atoms with E-state index in [-0.39, 0.29) is 4.83 Å². The first-order chi connectivity index (χ1) is 8.59. The Labute approximate surface area is 127 Å². The highest BCUT2D eigenvalue weighted by Crippen LogP contribution is 2.33. The van der Waals surface area contributed by atoms with Crippen molar-refractivity contribution in [3.8, 4) is 0 Å². The Morgan fingerprint density at radius 1 is 1.11 bits per heavy atom. The fourth-order valence-electron chi connectivity index (χ4n) is 1.72. The van der Waals surface area contributed by atoms with Crippen LogP contribution >= 0.6 is 38.5 Å². The molecular formula is C14H10BrIO2. The summed E-state index contributed by atoms with van der Waals surface area (Å²) < 4.78 is 1.16. The number of carbonyl (C=O) groups is 1. The van der Waals surface area contributed by atoms with E-state index in [1.165, 1.54) is 0 Å². The first-order valence-corrected chi connectivity index (χ1v) is 7.31. The van der Waals surface area contributed by atoms with Crippen LogP contribution < -0.4 is 0 Å². The van der Waals surface area contributed by atoms with Gasteiger partial charge < -0.3 is 5.11 Å². The lowest BCUT2D eigenvalue weighted by atomic mass is 10.00. The first-order valence-electron chi connectivity index (χ1n) is 5.31. The summed E-state index contributed by atoms with van der Waals surface area (Å²) in [6, 6.07) is 15.1. The van der Waals surface area contributed by atoms with Gasteiger partial charge in [-0.3, -0.25) is 0 Å². The van der Waals surface area contributed by atoms with Gasteiger partial charge in [-0.15, -0.1) is 0 Å². The summed E-state index contributed by atoms with van der Waals surface area (Å²) >= 11 is 5.81. The minimum absolute atomic E-state index is 0.109. The Morgan fingerprint density at radius 2 is 1.72 bits per heavy atom. The summed E-state index contributed by atoms with van der Waals surface area (Å²) in [6.07, 6.45) is 0. The van der Waals surface area contributed by atoms with Crippen LogP contribution in [-0.4, -0.2) is 11.1 Å². The van der Waals surface area contributed by atoms with Gasteiger partial charge in [-0.05, 0) is 51.9 Å². The lowest BCUT2D eigenvalue weighted by Gasteiger charge is -2.13. The number of alkyl halides is 1. The maximum absolute atomic E-state index is 11.2. The highest BCUT2D eigenvalue weighted by atomic mass is 127. The topological polar surface area (TPSA) is 37.3 Å². The molecule has 2 aromatic carbocycles. The molecule has 4 heteroatoms. The Bertz CT molecular complexity index is 566. The number of hydrogen-bond donors (Lipinski definition) is 1. The largest absolute Gasteiger partial charge is 0.478 e. The van der Waals surface area contributed by atoms with E-state index in [0.717, 1.165) is 14.7 Å². The van der Waals surface area contributed by atoms with Crippen molar-refractivity contribution in [2.24, 2.45) is 0 Å². The molecule has 0 radical (unpaired) electrons. The van der Waals surface area contributed by atoms with Crippen molar-refractivity contribution in [2.45, 2.75) is 4.83 Å². The van der Waals surface area contributed by atoms with Crippen LogP contribution in [0.2, 0.25) is 0 Å². The Hall–Kier alpha value is -0.880. The third-order valence-electron chi connectivity index (χ3n) is 2.63. The van der Waals surface area contributed by atoms with Crippen LogP contribution in [0.3, 0.4) is 0 Å². The molecule has 0 saturated carbocycles. The molecule has 92 valence electrons. The number of benzene rings is 2. The standard InChI is InChI=1S/C14H10BrIO2/c15-13(9-5-7-10(16)8-6-9)11-3-1-2-4-12(11)14(17)18/h1-8,13H,(H,17,18)/t13-/m1/s1. The highest BCUT2D eigenvalue weighted by molar-refractivity contribution is 14.1. The van der Waals surface area contributed by atoms with Gasteiger partial charge in [-0.25, -0.2) is 4.79 Å². The van der Waals surface area contributed by atoms with Gasteiger partial charge in [0.1, 0.15) is 0 Å². The Morgan fingerprint density at radius 3 is 2.33 bits per heavy atom. The molecule has 2 rings (SSSR count). The van der Waals surface area contributed by atoms with Crippen LogP contribution in [0, 0.1) is 3.57 Å². The molecule has 0 aliphatic carbocycles. The number of carboxylic acid groups (broad SMARTS) is 1. The van der Waals surface area contributed by atoms with Crippen LogP contribution in [0.1, 0.15) is 26.3 Å². The molecule has 0 aliphatic rings. The van der Waals surface area contributed by atoms with Crippen molar-refractivity contribution in [1.29, 1.82) is 0 Å². The van der Waals surface area contributed by atoms with E-state index in [9.17, 15) is 9.90 Å². The van der Waals surface area contributed by atoms with Crippen molar-refractivity contribution < 1.29 is 9.90 Å². The van der Waals surface area contributed by atoms with Gasteiger partial charge in [0.15, 0.2) is 0 Å². The van der Waals surface area contributed by atoms with E-state index < -0.39 is 5.97 Å². The summed E-state index contributed by atoms with van der Waals surface area (Å²) in [6.45, 7) is 0. The van der Waals surface area contributed by atoms with Gasteiger partial charge in [0.2, 0.25) is 0 Å². The molecule has 0 amide bonds. The van der Waals surface area contributed by atoms with E-state index >= 15 is 0 Å². The lowest BCUT2D eigenvalue weighted by molar-refractivity contribution is 0.0696. The molecule has 0 spiro atoms. The maximum Gasteiger partial charge on any atom is 0.336 e. The molecule has 2 aromatic rings. The second-order valence-corrected chi connectivity index (χ2v) is 5.97. The van der Waals surface area contributed by atoms with E-state index in [1.54, 1.807) is 12.1 Å². The molecule has 0 aromatic heterocycles. The van der Waals surface area contributed by atoms with Crippen LogP contribution in [0.25, 0.3) is 0 Å². The average Bonchev–Trinajstić information content (AvgIpc) is 2.39. The summed E-state index contributed by atoms with van der Waals surface area (Å²) in [5.74, 6) is -0.902. The summed E-state index contributed by atoms with van der Waals surface area (Å²) in [4.78, 5) is 11.1. The smallest absolute Gasteiger partial charge is 0.336 e. The SMILES string of the molecule is O=C(O)c1ccccc1[C@H](Br)c1ccc(I)cc1. The summed E-state index contributed by atoms with van der Waals surface area (Å²) in [7, 11) is 0. The highest BCUT2D eigenvalue weighted by Gasteiger charge is 2.17. The molecule has 0 saturated heterocycles. The molecule has 1 atom stereocenters. The van der Waals surface area contributed by atoms with Gasteiger partial charge in [0.05, 0.1) is 10.4 Å². The van der Waals surface area contributed by atoms with Crippen molar-refractivity contribution in [1.82, 2.24) is 0 Å². The van der Waals surface area contributed by atoms with E-state index in [0.29, 0.717) is 5.56 Å². The zero-order valence-corrected chi connectivity index (χ0v) is 13.1. The quantitative estimate of drug-likeness (QED) is 0.591. The number of halogens is 2. The molecule has 0 fully saturated rings. The minimum Gasteiger partial charge on any atom is -0.478 e. The molecule has 18 heavy (non-hydrogen) atoms. The van der Waals surface area contributed by atoms with Gasteiger partial charge in [-0.2, -0.15) is 0 Å². The van der Waals surface area contributed by atoms with Crippen LogP contribution in [0.15, 0.2) is 48.5 Å². The molecule has 2 nitrogen and oxygen atoms in total. The predicted molar refractivity (Wildman–Crippen MR) is 83.3 cm³/mol. The van der Waals surface area contributed by atoms with Crippen molar-refractivity contribution in [2.75, 3.05) is 0 Å².